The van der Waals surface area contributed by atoms with Gasteiger partial charge < -0.3 is 10.2 Å². The van der Waals surface area contributed by atoms with Crippen LogP contribution in [-0.4, -0.2) is 23.6 Å². The highest BCUT2D eigenvalue weighted by Crippen LogP contribution is 2.21. The normalized spacial score (nSPS) is 10.5. The van der Waals surface area contributed by atoms with Crippen LogP contribution in [-0.2, 0) is 6.42 Å². The van der Waals surface area contributed by atoms with E-state index < -0.39 is 0 Å². The first-order valence-electron chi connectivity index (χ1n) is 8.24. The minimum atomic E-state index is 0.677. The lowest BCUT2D eigenvalue weighted by molar-refractivity contribution is 0.973. The molecule has 0 bridgehead atoms. The van der Waals surface area contributed by atoms with Gasteiger partial charge in [-0.2, -0.15) is 4.98 Å². The van der Waals surface area contributed by atoms with Crippen molar-refractivity contribution in [3.63, 3.8) is 0 Å². The van der Waals surface area contributed by atoms with Crippen molar-refractivity contribution in [2.75, 3.05) is 23.8 Å². The molecule has 0 saturated carbocycles. The van der Waals surface area contributed by atoms with Crippen molar-refractivity contribution in [3.05, 3.63) is 76.9 Å². The molecule has 0 aliphatic carbocycles. The smallest absolute Gasteiger partial charge is 0.231 e. The second-order valence-electron chi connectivity index (χ2n) is 5.90. The summed E-state index contributed by atoms with van der Waals surface area (Å²) in [5.74, 6) is 1.50. The first-order valence-corrected chi connectivity index (χ1v) is 8.62. The molecule has 0 aliphatic rings. The van der Waals surface area contributed by atoms with Gasteiger partial charge in [-0.1, -0.05) is 41.9 Å². The third kappa shape index (κ3) is 4.70. The Morgan fingerprint density at radius 2 is 1.80 bits per heavy atom. The predicted octanol–water partition coefficient (Wildman–Crippen LogP) is 4.86. The van der Waals surface area contributed by atoms with Gasteiger partial charge in [-0.25, -0.2) is 4.98 Å². The van der Waals surface area contributed by atoms with E-state index in [4.69, 9.17) is 11.6 Å². The van der Waals surface area contributed by atoms with Crippen molar-refractivity contribution in [3.8, 4) is 0 Å². The SMILES string of the molecule is Cc1cc(NCCc2cccc(Cl)c2)nc(N(C)c2ccccc2)n1. The number of aromatic nitrogens is 2. The zero-order valence-corrected chi connectivity index (χ0v) is 15.2. The lowest BCUT2D eigenvalue weighted by Gasteiger charge is -2.18. The van der Waals surface area contributed by atoms with Gasteiger partial charge in [-0.15, -0.1) is 0 Å². The van der Waals surface area contributed by atoms with E-state index in [1.807, 2.05) is 73.5 Å². The number of anilines is 3. The van der Waals surface area contributed by atoms with Crippen LogP contribution in [0.15, 0.2) is 60.7 Å². The van der Waals surface area contributed by atoms with Gasteiger partial charge in [0.25, 0.3) is 0 Å². The molecule has 0 aliphatic heterocycles. The largest absolute Gasteiger partial charge is 0.370 e. The molecule has 4 nitrogen and oxygen atoms in total. The quantitative estimate of drug-likeness (QED) is 0.687. The zero-order chi connectivity index (χ0) is 17.6. The van der Waals surface area contributed by atoms with Crippen LogP contribution in [0.3, 0.4) is 0 Å². The van der Waals surface area contributed by atoms with Crippen LogP contribution in [0.1, 0.15) is 11.3 Å². The number of aryl methyl sites for hydroxylation is 1. The second kappa shape index (κ2) is 7.99. The summed E-state index contributed by atoms with van der Waals surface area (Å²) >= 11 is 6.03. The van der Waals surface area contributed by atoms with Gasteiger partial charge in [0, 0.05) is 36.1 Å². The van der Waals surface area contributed by atoms with Crippen LogP contribution < -0.4 is 10.2 Å². The Morgan fingerprint density at radius 1 is 1.00 bits per heavy atom. The number of hydrogen-bond acceptors (Lipinski definition) is 4. The van der Waals surface area contributed by atoms with E-state index in [1.54, 1.807) is 0 Å². The van der Waals surface area contributed by atoms with Gasteiger partial charge >= 0.3 is 0 Å². The molecule has 5 heteroatoms. The Labute approximate surface area is 153 Å². The van der Waals surface area contributed by atoms with Crippen molar-refractivity contribution in [1.82, 2.24) is 9.97 Å². The molecule has 0 spiro atoms. The van der Waals surface area contributed by atoms with Crippen molar-refractivity contribution < 1.29 is 0 Å². The Morgan fingerprint density at radius 3 is 2.56 bits per heavy atom. The monoisotopic (exact) mass is 352 g/mol. The van der Waals surface area contributed by atoms with Gasteiger partial charge in [0.1, 0.15) is 5.82 Å². The summed E-state index contributed by atoms with van der Waals surface area (Å²) in [5, 5.41) is 4.15. The molecule has 1 N–H and O–H groups in total. The molecule has 0 unspecified atom stereocenters. The van der Waals surface area contributed by atoms with E-state index in [9.17, 15) is 0 Å². The molecule has 1 heterocycles. The van der Waals surface area contributed by atoms with Crippen LogP contribution in [0, 0.1) is 6.92 Å². The van der Waals surface area contributed by atoms with E-state index in [1.165, 1.54) is 5.56 Å². The zero-order valence-electron chi connectivity index (χ0n) is 14.4. The summed E-state index contributed by atoms with van der Waals surface area (Å²) in [6.45, 7) is 2.76. The number of nitrogens with zero attached hydrogens (tertiary/aromatic N) is 3. The fourth-order valence-corrected chi connectivity index (χ4v) is 2.80. The molecular formula is C20H21ClN4. The third-order valence-electron chi connectivity index (χ3n) is 3.89. The van der Waals surface area contributed by atoms with Crippen LogP contribution in [0.5, 0.6) is 0 Å². The molecule has 3 rings (SSSR count). The molecule has 0 amide bonds. The molecule has 25 heavy (non-hydrogen) atoms. The maximum atomic E-state index is 6.03. The number of rotatable bonds is 6. The van der Waals surface area contributed by atoms with E-state index in [2.05, 4.69) is 21.4 Å². The van der Waals surface area contributed by atoms with Crippen molar-refractivity contribution in [2.24, 2.45) is 0 Å². The van der Waals surface area contributed by atoms with Crippen molar-refractivity contribution in [2.45, 2.75) is 13.3 Å². The minimum absolute atomic E-state index is 0.677. The Kier molecular flexibility index (Phi) is 5.51. The number of halogens is 1. The minimum Gasteiger partial charge on any atom is -0.370 e. The lowest BCUT2D eigenvalue weighted by Crippen LogP contribution is -2.15. The van der Waals surface area contributed by atoms with Gasteiger partial charge in [-0.05, 0) is 43.2 Å². The summed E-state index contributed by atoms with van der Waals surface area (Å²) in [5.41, 5.74) is 3.18. The van der Waals surface area contributed by atoms with Crippen LogP contribution in [0.4, 0.5) is 17.5 Å². The Hall–Kier alpha value is -2.59. The molecule has 0 radical (unpaired) electrons. The number of nitrogens with one attached hydrogen (secondary N) is 1. The van der Waals surface area contributed by atoms with Crippen molar-refractivity contribution >= 4 is 29.1 Å². The van der Waals surface area contributed by atoms with E-state index in [-0.39, 0.29) is 0 Å². The van der Waals surface area contributed by atoms with Gasteiger partial charge in [0.2, 0.25) is 5.95 Å². The number of benzene rings is 2. The van der Waals surface area contributed by atoms with E-state index in [0.717, 1.165) is 35.2 Å². The number of hydrogen-bond donors (Lipinski definition) is 1. The third-order valence-corrected chi connectivity index (χ3v) is 4.13. The Bertz CT molecular complexity index is 836. The van der Waals surface area contributed by atoms with Gasteiger partial charge in [0.05, 0.1) is 0 Å². The molecule has 0 fully saturated rings. The fourth-order valence-electron chi connectivity index (χ4n) is 2.59. The first-order chi connectivity index (χ1) is 12.1. The molecule has 3 aromatic rings. The fraction of sp³-hybridized carbons (Fsp3) is 0.200. The number of para-hydroxylation sites is 1. The highest BCUT2D eigenvalue weighted by Gasteiger charge is 2.09. The topological polar surface area (TPSA) is 41.1 Å². The average molecular weight is 353 g/mol. The maximum Gasteiger partial charge on any atom is 0.231 e. The summed E-state index contributed by atoms with van der Waals surface area (Å²) in [6, 6.07) is 20.0. The predicted molar refractivity (Wildman–Crippen MR) is 105 cm³/mol. The summed E-state index contributed by atoms with van der Waals surface area (Å²) < 4.78 is 0. The highest BCUT2D eigenvalue weighted by atomic mass is 35.5. The summed E-state index contributed by atoms with van der Waals surface area (Å²) in [7, 11) is 1.97. The van der Waals surface area contributed by atoms with E-state index >= 15 is 0 Å². The molecule has 0 saturated heterocycles. The standard InChI is InChI=1S/C20H21ClN4/c1-15-13-19(22-12-11-16-7-6-8-17(21)14-16)24-20(23-15)25(2)18-9-4-3-5-10-18/h3-10,13-14H,11-12H2,1-2H3,(H,22,23,24). The molecule has 2 aromatic carbocycles. The molecule has 128 valence electrons. The average Bonchev–Trinajstić information content (AvgIpc) is 2.61. The molecule has 0 atom stereocenters. The van der Waals surface area contributed by atoms with Crippen LogP contribution in [0.2, 0.25) is 5.02 Å². The van der Waals surface area contributed by atoms with Gasteiger partial charge in [0.15, 0.2) is 0 Å². The van der Waals surface area contributed by atoms with Crippen molar-refractivity contribution in [1.29, 1.82) is 0 Å². The molecule has 1 aromatic heterocycles. The van der Waals surface area contributed by atoms with Crippen LogP contribution in [0.25, 0.3) is 0 Å². The highest BCUT2D eigenvalue weighted by molar-refractivity contribution is 6.30. The van der Waals surface area contributed by atoms with Crippen LogP contribution >= 0.6 is 11.6 Å². The van der Waals surface area contributed by atoms with Gasteiger partial charge in [-0.3, -0.25) is 0 Å². The van der Waals surface area contributed by atoms with E-state index in [0.29, 0.717) is 5.95 Å². The molecular weight excluding hydrogens is 332 g/mol. The maximum absolute atomic E-state index is 6.03. The Balaban J connectivity index is 1.69. The lowest BCUT2D eigenvalue weighted by atomic mass is 10.1. The first kappa shape index (κ1) is 17.2. The second-order valence-corrected chi connectivity index (χ2v) is 6.33. The summed E-state index contributed by atoms with van der Waals surface area (Å²) in [4.78, 5) is 11.2. The summed E-state index contributed by atoms with van der Waals surface area (Å²) in [6.07, 6.45) is 0.882.